The molecule has 0 spiro atoms. The molecule has 0 aliphatic rings. The maximum Gasteiger partial charge on any atom is 0.125 e. The van der Waals surface area contributed by atoms with E-state index in [1.54, 1.807) is 6.07 Å². The summed E-state index contributed by atoms with van der Waals surface area (Å²) in [5.74, 6) is -0.323. The molecule has 0 amide bonds. The fourth-order valence-corrected chi connectivity index (χ4v) is 1.25. The molecule has 4 heteroatoms. The zero-order valence-corrected chi connectivity index (χ0v) is 8.20. The van der Waals surface area contributed by atoms with Gasteiger partial charge in [0.1, 0.15) is 5.82 Å². The van der Waals surface area contributed by atoms with Gasteiger partial charge in [-0.15, -0.1) is 0 Å². The third-order valence-corrected chi connectivity index (χ3v) is 2.03. The first kappa shape index (κ1) is 10.9. The van der Waals surface area contributed by atoms with Gasteiger partial charge in [-0.1, -0.05) is 6.07 Å². The van der Waals surface area contributed by atoms with Crippen LogP contribution in [0.15, 0.2) is 18.2 Å². The van der Waals surface area contributed by atoms with Gasteiger partial charge in [0.25, 0.3) is 0 Å². The van der Waals surface area contributed by atoms with Crippen LogP contribution in [-0.4, -0.2) is 30.2 Å². The largest absolute Gasteiger partial charge is 0.398 e. The molecule has 78 valence electrons. The number of benzene rings is 1. The molecule has 0 saturated heterocycles. The highest BCUT2D eigenvalue weighted by Gasteiger charge is 2.03. The van der Waals surface area contributed by atoms with Crippen LogP contribution in [0, 0.1) is 5.82 Å². The molecule has 3 N–H and O–H groups in total. The van der Waals surface area contributed by atoms with Gasteiger partial charge < -0.3 is 10.8 Å². The summed E-state index contributed by atoms with van der Waals surface area (Å²) in [6, 6.07) is 4.36. The third-order valence-electron chi connectivity index (χ3n) is 2.03. The van der Waals surface area contributed by atoms with E-state index >= 15 is 0 Å². The van der Waals surface area contributed by atoms with Crippen molar-refractivity contribution >= 4 is 5.69 Å². The summed E-state index contributed by atoms with van der Waals surface area (Å²) in [6.45, 7) is 1.31. The van der Waals surface area contributed by atoms with Crippen LogP contribution < -0.4 is 5.73 Å². The maximum absolute atomic E-state index is 12.7. The lowest BCUT2D eigenvalue weighted by Crippen LogP contribution is -2.22. The number of nitrogen functional groups attached to an aromatic ring is 1. The molecule has 0 heterocycles. The average molecular weight is 198 g/mol. The Morgan fingerprint density at radius 1 is 1.50 bits per heavy atom. The van der Waals surface area contributed by atoms with E-state index in [0.717, 1.165) is 5.56 Å². The molecular weight excluding hydrogens is 183 g/mol. The molecule has 1 aromatic rings. The Kier molecular flexibility index (Phi) is 3.85. The summed E-state index contributed by atoms with van der Waals surface area (Å²) >= 11 is 0. The first-order valence-electron chi connectivity index (χ1n) is 4.47. The minimum Gasteiger partial charge on any atom is -0.398 e. The highest BCUT2D eigenvalue weighted by atomic mass is 19.1. The predicted octanol–water partition coefficient (Wildman–Crippen LogP) is 0.832. The quantitative estimate of drug-likeness (QED) is 0.705. The van der Waals surface area contributed by atoms with Gasteiger partial charge in [0.05, 0.1) is 6.61 Å². The Labute approximate surface area is 83.0 Å². The number of nitrogens with two attached hydrogens (primary N) is 1. The summed E-state index contributed by atoms with van der Waals surface area (Å²) < 4.78 is 12.7. The second-order valence-corrected chi connectivity index (χ2v) is 3.30. The standard InChI is InChI=1S/C10H15FN2O/c1-13(4-5-14)7-8-2-3-9(11)6-10(8)12/h2-3,6,14H,4-5,7,12H2,1H3. The predicted molar refractivity (Wildman–Crippen MR) is 54.2 cm³/mol. The second kappa shape index (κ2) is 4.93. The van der Waals surface area contributed by atoms with Gasteiger partial charge in [0, 0.05) is 18.8 Å². The number of rotatable bonds is 4. The van der Waals surface area contributed by atoms with Crippen LogP contribution in [0.3, 0.4) is 0 Å². The number of hydrogen-bond acceptors (Lipinski definition) is 3. The molecule has 1 rings (SSSR count). The van der Waals surface area contributed by atoms with E-state index in [1.165, 1.54) is 12.1 Å². The van der Waals surface area contributed by atoms with Crippen LogP contribution in [-0.2, 0) is 6.54 Å². The molecule has 0 aliphatic carbocycles. The Balaban J connectivity index is 2.67. The number of nitrogens with zero attached hydrogens (tertiary/aromatic N) is 1. The first-order chi connectivity index (χ1) is 6.63. The monoisotopic (exact) mass is 198 g/mol. The third kappa shape index (κ3) is 2.97. The van der Waals surface area contributed by atoms with Gasteiger partial charge >= 0.3 is 0 Å². The van der Waals surface area contributed by atoms with Crippen molar-refractivity contribution in [2.45, 2.75) is 6.54 Å². The second-order valence-electron chi connectivity index (χ2n) is 3.30. The number of anilines is 1. The van der Waals surface area contributed by atoms with E-state index in [9.17, 15) is 4.39 Å². The van der Waals surface area contributed by atoms with Crippen molar-refractivity contribution in [2.24, 2.45) is 0 Å². The minimum absolute atomic E-state index is 0.109. The molecule has 0 saturated carbocycles. The van der Waals surface area contributed by atoms with E-state index in [0.29, 0.717) is 18.8 Å². The zero-order valence-electron chi connectivity index (χ0n) is 8.20. The van der Waals surface area contributed by atoms with Crippen molar-refractivity contribution in [1.82, 2.24) is 4.90 Å². The van der Waals surface area contributed by atoms with E-state index in [1.807, 2.05) is 11.9 Å². The molecular formula is C10H15FN2O. The summed E-state index contributed by atoms with van der Waals surface area (Å²) in [6.07, 6.45) is 0. The smallest absolute Gasteiger partial charge is 0.125 e. The van der Waals surface area contributed by atoms with Gasteiger partial charge in [-0.2, -0.15) is 0 Å². The van der Waals surface area contributed by atoms with E-state index in [4.69, 9.17) is 10.8 Å². The molecule has 1 aromatic carbocycles. The lowest BCUT2D eigenvalue weighted by atomic mass is 10.1. The number of aliphatic hydroxyl groups excluding tert-OH is 1. The summed E-state index contributed by atoms with van der Waals surface area (Å²) in [4.78, 5) is 1.92. The van der Waals surface area contributed by atoms with Gasteiger partial charge in [-0.25, -0.2) is 4.39 Å². The molecule has 0 fully saturated rings. The van der Waals surface area contributed by atoms with E-state index in [-0.39, 0.29) is 12.4 Å². The van der Waals surface area contributed by atoms with Crippen molar-refractivity contribution in [1.29, 1.82) is 0 Å². The Bertz CT molecular complexity index is 304. The van der Waals surface area contributed by atoms with E-state index in [2.05, 4.69) is 0 Å². The molecule has 0 unspecified atom stereocenters. The average Bonchev–Trinajstić information content (AvgIpc) is 2.10. The van der Waals surface area contributed by atoms with Gasteiger partial charge in [-0.05, 0) is 24.7 Å². The van der Waals surface area contributed by atoms with E-state index < -0.39 is 0 Å². The lowest BCUT2D eigenvalue weighted by molar-refractivity contribution is 0.217. The number of halogens is 1. The Hall–Kier alpha value is -1.13. The topological polar surface area (TPSA) is 49.5 Å². The van der Waals surface area contributed by atoms with Crippen molar-refractivity contribution in [2.75, 3.05) is 25.9 Å². The summed E-state index contributed by atoms with van der Waals surface area (Å²) in [7, 11) is 1.87. The highest BCUT2D eigenvalue weighted by molar-refractivity contribution is 5.46. The number of aliphatic hydroxyl groups is 1. The molecule has 0 atom stereocenters. The lowest BCUT2D eigenvalue weighted by Gasteiger charge is -2.16. The molecule has 3 nitrogen and oxygen atoms in total. The fraction of sp³-hybridized carbons (Fsp3) is 0.400. The maximum atomic E-state index is 12.7. The van der Waals surface area contributed by atoms with Crippen molar-refractivity contribution < 1.29 is 9.50 Å². The highest BCUT2D eigenvalue weighted by Crippen LogP contribution is 2.14. The normalized spacial score (nSPS) is 10.9. The SMILES string of the molecule is CN(CCO)Cc1ccc(F)cc1N. The molecule has 0 bridgehead atoms. The molecule has 0 aliphatic heterocycles. The molecule has 0 aromatic heterocycles. The minimum atomic E-state index is -0.323. The van der Waals surface area contributed by atoms with Crippen molar-refractivity contribution in [3.05, 3.63) is 29.6 Å². The van der Waals surface area contributed by atoms with Crippen molar-refractivity contribution in [3.8, 4) is 0 Å². The number of likely N-dealkylation sites (N-methyl/N-ethyl adjacent to an activating group) is 1. The van der Waals surface area contributed by atoms with Gasteiger partial charge in [-0.3, -0.25) is 4.90 Å². The zero-order chi connectivity index (χ0) is 10.6. The first-order valence-corrected chi connectivity index (χ1v) is 4.47. The fourth-order valence-electron chi connectivity index (χ4n) is 1.25. The summed E-state index contributed by atoms with van der Waals surface area (Å²) in [5, 5.41) is 8.70. The molecule has 14 heavy (non-hydrogen) atoms. The number of hydrogen-bond donors (Lipinski definition) is 2. The Morgan fingerprint density at radius 2 is 2.21 bits per heavy atom. The summed E-state index contributed by atoms with van der Waals surface area (Å²) in [5.41, 5.74) is 6.97. The van der Waals surface area contributed by atoms with Crippen LogP contribution in [0.25, 0.3) is 0 Å². The van der Waals surface area contributed by atoms with Crippen LogP contribution >= 0.6 is 0 Å². The molecule has 0 radical (unpaired) electrons. The Morgan fingerprint density at radius 3 is 2.79 bits per heavy atom. The van der Waals surface area contributed by atoms with Gasteiger partial charge in [0.15, 0.2) is 0 Å². The van der Waals surface area contributed by atoms with Gasteiger partial charge in [0.2, 0.25) is 0 Å². The van der Waals surface area contributed by atoms with Crippen LogP contribution in [0.4, 0.5) is 10.1 Å². The van der Waals surface area contributed by atoms with Crippen LogP contribution in [0.5, 0.6) is 0 Å². The van der Waals surface area contributed by atoms with Crippen LogP contribution in [0.1, 0.15) is 5.56 Å². The van der Waals surface area contributed by atoms with Crippen LogP contribution in [0.2, 0.25) is 0 Å². The van der Waals surface area contributed by atoms with Crippen molar-refractivity contribution in [3.63, 3.8) is 0 Å².